The second-order valence-corrected chi connectivity index (χ2v) is 7.58. The molecule has 0 atom stereocenters. The van der Waals surface area contributed by atoms with Crippen LogP contribution >= 0.6 is 0 Å². The summed E-state index contributed by atoms with van der Waals surface area (Å²) in [5.74, 6) is -2.31. The summed E-state index contributed by atoms with van der Waals surface area (Å²) in [5.41, 5.74) is -0.482. The van der Waals surface area contributed by atoms with Gasteiger partial charge in [0.2, 0.25) is 0 Å². The molecule has 0 bridgehead atoms. The Morgan fingerprint density at radius 1 is 1.11 bits per heavy atom. The monoisotopic (exact) mass is 413 g/mol. The molecule has 3 rings (SSSR count). The van der Waals surface area contributed by atoms with Gasteiger partial charge in [-0.15, -0.1) is 0 Å². The van der Waals surface area contributed by atoms with Gasteiger partial charge >= 0.3 is 5.97 Å². The van der Waals surface area contributed by atoms with Crippen molar-refractivity contribution in [2.24, 2.45) is 0 Å². The molecule has 0 amide bonds. The van der Waals surface area contributed by atoms with Gasteiger partial charge in [-0.05, 0) is 31.2 Å². The number of fused-ring (bicyclic) bond motifs is 1. The van der Waals surface area contributed by atoms with E-state index < -0.39 is 39.9 Å². The number of carbonyl (C=O) groups is 1. The molecule has 2 aromatic rings. The Labute approximate surface area is 160 Å². The summed E-state index contributed by atoms with van der Waals surface area (Å²) < 4.78 is 70.0. The Morgan fingerprint density at radius 2 is 1.82 bits per heavy atom. The van der Waals surface area contributed by atoms with Crippen molar-refractivity contribution in [3.05, 3.63) is 48.0 Å². The molecular formula is C18H17F2NO6S. The average molecular weight is 413 g/mol. The number of rotatable bonds is 6. The second-order valence-electron chi connectivity index (χ2n) is 5.72. The first-order chi connectivity index (χ1) is 13.3. The summed E-state index contributed by atoms with van der Waals surface area (Å²) in [6.07, 6.45) is 0. The largest absolute Gasteiger partial charge is 0.486 e. The van der Waals surface area contributed by atoms with Crippen molar-refractivity contribution in [2.45, 2.75) is 11.8 Å². The van der Waals surface area contributed by atoms with E-state index in [0.717, 1.165) is 12.1 Å². The van der Waals surface area contributed by atoms with Crippen molar-refractivity contribution in [1.82, 2.24) is 0 Å². The number of esters is 1. The van der Waals surface area contributed by atoms with Crippen LogP contribution in [0.15, 0.2) is 41.3 Å². The minimum atomic E-state index is -4.40. The van der Waals surface area contributed by atoms with E-state index in [0.29, 0.717) is 22.7 Å². The van der Waals surface area contributed by atoms with Crippen LogP contribution in [0, 0.1) is 11.6 Å². The Bertz CT molecular complexity index is 996. The highest BCUT2D eigenvalue weighted by molar-refractivity contribution is 7.92. The van der Waals surface area contributed by atoms with Crippen molar-refractivity contribution in [2.75, 3.05) is 30.7 Å². The lowest BCUT2D eigenvalue weighted by atomic mass is 10.3. The zero-order chi connectivity index (χ0) is 20.3. The predicted octanol–water partition coefficient (Wildman–Crippen LogP) is 2.49. The van der Waals surface area contributed by atoms with Crippen LogP contribution in [0.25, 0.3) is 0 Å². The van der Waals surface area contributed by atoms with Crippen LogP contribution in [0.2, 0.25) is 0 Å². The molecule has 0 unspecified atom stereocenters. The third-order valence-corrected chi connectivity index (χ3v) is 5.61. The summed E-state index contributed by atoms with van der Waals surface area (Å²) >= 11 is 0. The highest BCUT2D eigenvalue weighted by Gasteiger charge is 2.31. The van der Waals surface area contributed by atoms with Gasteiger partial charge in [0, 0.05) is 12.1 Å². The molecule has 2 aromatic carbocycles. The Kier molecular flexibility index (Phi) is 5.68. The van der Waals surface area contributed by atoms with Crippen LogP contribution in [0.1, 0.15) is 6.92 Å². The lowest BCUT2D eigenvalue weighted by molar-refractivity contribution is -0.141. The molecule has 10 heteroatoms. The van der Waals surface area contributed by atoms with Gasteiger partial charge in [-0.2, -0.15) is 0 Å². The average Bonchev–Trinajstić information content (AvgIpc) is 2.66. The van der Waals surface area contributed by atoms with E-state index in [2.05, 4.69) is 0 Å². The van der Waals surface area contributed by atoms with E-state index in [1.165, 1.54) is 18.2 Å². The molecule has 0 aliphatic carbocycles. The lowest BCUT2D eigenvalue weighted by Crippen LogP contribution is -2.37. The molecule has 1 heterocycles. The fourth-order valence-corrected chi connectivity index (χ4v) is 4.05. The highest BCUT2D eigenvalue weighted by Crippen LogP contribution is 2.34. The summed E-state index contributed by atoms with van der Waals surface area (Å²) in [7, 11) is -4.40. The van der Waals surface area contributed by atoms with Crippen molar-refractivity contribution >= 4 is 21.7 Å². The number of halogens is 2. The Balaban J connectivity index is 2.06. The van der Waals surface area contributed by atoms with E-state index >= 15 is 0 Å². The maximum atomic E-state index is 14.3. The van der Waals surface area contributed by atoms with Gasteiger partial charge < -0.3 is 14.2 Å². The van der Waals surface area contributed by atoms with Crippen LogP contribution in [-0.4, -0.2) is 40.8 Å². The van der Waals surface area contributed by atoms with Crippen LogP contribution in [-0.2, 0) is 19.6 Å². The predicted molar refractivity (Wildman–Crippen MR) is 95.0 cm³/mol. The van der Waals surface area contributed by atoms with E-state index in [1.54, 1.807) is 6.92 Å². The van der Waals surface area contributed by atoms with E-state index in [1.807, 2.05) is 0 Å². The van der Waals surface area contributed by atoms with Crippen LogP contribution < -0.4 is 13.8 Å². The Morgan fingerprint density at radius 3 is 2.50 bits per heavy atom. The number of sulfonamides is 1. The SMILES string of the molecule is CCOC(=O)CN(c1ccc(F)cc1F)S(=O)(=O)c1ccc2c(c1)OCCO2. The number of ether oxygens (including phenoxy) is 3. The van der Waals surface area contributed by atoms with Crippen molar-refractivity contribution in [1.29, 1.82) is 0 Å². The van der Waals surface area contributed by atoms with Crippen LogP contribution in [0.3, 0.4) is 0 Å². The third kappa shape index (κ3) is 4.01. The van der Waals surface area contributed by atoms with Gasteiger partial charge in [0.15, 0.2) is 11.5 Å². The zero-order valence-corrected chi connectivity index (χ0v) is 15.7. The fraction of sp³-hybridized carbons (Fsp3) is 0.278. The minimum Gasteiger partial charge on any atom is -0.486 e. The minimum absolute atomic E-state index is 0.0165. The first-order valence-corrected chi connectivity index (χ1v) is 9.80. The number of carbonyl (C=O) groups excluding carboxylic acids is 1. The van der Waals surface area contributed by atoms with E-state index in [4.69, 9.17) is 14.2 Å². The molecule has 0 N–H and O–H groups in total. The van der Waals surface area contributed by atoms with Crippen molar-refractivity contribution in [3.8, 4) is 11.5 Å². The maximum Gasteiger partial charge on any atom is 0.326 e. The highest BCUT2D eigenvalue weighted by atomic mass is 32.2. The third-order valence-electron chi connectivity index (χ3n) is 3.86. The maximum absolute atomic E-state index is 14.3. The zero-order valence-electron chi connectivity index (χ0n) is 14.9. The van der Waals surface area contributed by atoms with Gasteiger partial charge in [-0.25, -0.2) is 17.2 Å². The second kappa shape index (κ2) is 8.01. The fourth-order valence-electron chi connectivity index (χ4n) is 2.62. The molecule has 0 aromatic heterocycles. The summed E-state index contributed by atoms with van der Waals surface area (Å²) in [5, 5.41) is 0. The van der Waals surface area contributed by atoms with Crippen molar-refractivity contribution in [3.63, 3.8) is 0 Å². The van der Waals surface area contributed by atoms with Gasteiger partial charge in [0.25, 0.3) is 10.0 Å². The lowest BCUT2D eigenvalue weighted by Gasteiger charge is -2.25. The molecule has 7 nitrogen and oxygen atoms in total. The molecule has 28 heavy (non-hydrogen) atoms. The molecule has 0 saturated heterocycles. The standard InChI is InChI=1S/C18H17F2NO6S/c1-2-25-18(22)11-21(15-5-3-12(19)9-14(15)20)28(23,24)13-4-6-16-17(10-13)27-8-7-26-16/h3-6,9-10H,2,7-8,11H2,1H3. The smallest absolute Gasteiger partial charge is 0.326 e. The molecule has 0 radical (unpaired) electrons. The first kappa shape index (κ1) is 19.9. The summed E-state index contributed by atoms with van der Waals surface area (Å²) in [6, 6.07) is 6.26. The van der Waals surface area contributed by atoms with E-state index in [9.17, 15) is 22.0 Å². The number of hydrogen-bond acceptors (Lipinski definition) is 6. The van der Waals surface area contributed by atoms with Gasteiger partial charge in [-0.3, -0.25) is 9.10 Å². The van der Waals surface area contributed by atoms with Crippen LogP contribution in [0.4, 0.5) is 14.5 Å². The molecule has 0 saturated carbocycles. The topological polar surface area (TPSA) is 82.1 Å². The summed E-state index contributed by atoms with van der Waals surface area (Å²) in [4.78, 5) is 11.7. The van der Waals surface area contributed by atoms with Gasteiger partial charge in [0.05, 0.1) is 17.2 Å². The Hall–Kier alpha value is -2.88. The molecule has 150 valence electrons. The molecular weight excluding hydrogens is 396 g/mol. The number of benzene rings is 2. The number of nitrogens with zero attached hydrogens (tertiary/aromatic N) is 1. The van der Waals surface area contributed by atoms with E-state index in [-0.39, 0.29) is 23.9 Å². The van der Waals surface area contributed by atoms with Gasteiger partial charge in [0.1, 0.15) is 31.4 Å². The molecule has 1 aliphatic rings. The first-order valence-electron chi connectivity index (χ1n) is 8.36. The normalized spacial score (nSPS) is 13.1. The summed E-state index contributed by atoms with van der Waals surface area (Å²) in [6.45, 7) is 1.36. The number of anilines is 1. The van der Waals surface area contributed by atoms with Crippen LogP contribution in [0.5, 0.6) is 11.5 Å². The molecule has 0 spiro atoms. The molecule has 0 fully saturated rings. The molecule has 1 aliphatic heterocycles. The van der Waals surface area contributed by atoms with Crippen molar-refractivity contribution < 1.29 is 36.2 Å². The quantitative estimate of drug-likeness (QED) is 0.677. The van der Waals surface area contributed by atoms with Gasteiger partial charge in [-0.1, -0.05) is 0 Å². The number of hydrogen-bond donors (Lipinski definition) is 0.